The molecule has 0 saturated carbocycles. The minimum Gasteiger partial charge on any atom is -0.372 e. The van der Waals surface area contributed by atoms with Crippen LogP contribution in [0.3, 0.4) is 0 Å². The van der Waals surface area contributed by atoms with Gasteiger partial charge in [0.15, 0.2) is 0 Å². The SMILES string of the molecule is N#CCC(=C1COC1)[N+](=O)[O-]. The van der Waals surface area contributed by atoms with Crippen LogP contribution >= 0.6 is 0 Å². The summed E-state index contributed by atoms with van der Waals surface area (Å²) in [6.45, 7) is 0.607. The second-order valence-electron chi connectivity index (χ2n) is 2.14. The number of hydrogen-bond acceptors (Lipinski definition) is 4. The second kappa shape index (κ2) is 3.12. The number of ether oxygens (including phenoxy) is 1. The van der Waals surface area contributed by atoms with Gasteiger partial charge in [0.2, 0.25) is 0 Å². The van der Waals surface area contributed by atoms with Gasteiger partial charge >= 0.3 is 0 Å². The lowest BCUT2D eigenvalue weighted by atomic mass is 10.1. The first kappa shape index (κ1) is 7.69. The predicted octanol–water partition coefficient (Wildman–Crippen LogP) is 0.461. The first-order valence-electron chi connectivity index (χ1n) is 3.05. The summed E-state index contributed by atoms with van der Waals surface area (Å²) in [6, 6.07) is 1.74. The molecule has 0 aromatic carbocycles. The number of nitro groups is 1. The molecule has 5 heteroatoms. The van der Waals surface area contributed by atoms with Gasteiger partial charge in [-0.15, -0.1) is 0 Å². The zero-order valence-corrected chi connectivity index (χ0v) is 5.74. The molecular formula is C6H6N2O3. The fraction of sp³-hybridized carbons (Fsp3) is 0.500. The lowest BCUT2D eigenvalue weighted by Gasteiger charge is -2.16. The van der Waals surface area contributed by atoms with Crippen molar-refractivity contribution < 1.29 is 9.66 Å². The van der Waals surface area contributed by atoms with Crippen molar-refractivity contribution in [1.29, 1.82) is 5.26 Å². The smallest absolute Gasteiger partial charge is 0.264 e. The third-order valence-corrected chi connectivity index (χ3v) is 1.43. The Balaban J connectivity index is 2.75. The van der Waals surface area contributed by atoms with Crippen molar-refractivity contribution in [3.05, 3.63) is 21.4 Å². The number of hydrogen-bond donors (Lipinski definition) is 0. The fourth-order valence-electron chi connectivity index (χ4n) is 0.764. The minimum absolute atomic E-state index is 0.00116. The summed E-state index contributed by atoms with van der Waals surface area (Å²) in [7, 11) is 0. The summed E-state index contributed by atoms with van der Waals surface area (Å²) in [5.41, 5.74) is 0.635. The standard InChI is InChI=1S/C6H6N2O3/c7-2-1-6(8(9)10)5-3-11-4-5/h1,3-4H2. The monoisotopic (exact) mass is 154 g/mol. The quantitative estimate of drug-likeness (QED) is 0.427. The summed E-state index contributed by atoms with van der Waals surface area (Å²) in [5.74, 6) is 0. The van der Waals surface area contributed by atoms with E-state index in [1.54, 1.807) is 6.07 Å². The van der Waals surface area contributed by atoms with Crippen LogP contribution in [0.15, 0.2) is 11.3 Å². The topological polar surface area (TPSA) is 76.2 Å². The Morgan fingerprint density at radius 2 is 2.45 bits per heavy atom. The Labute approximate surface area is 63.0 Å². The van der Waals surface area contributed by atoms with E-state index in [-0.39, 0.29) is 12.1 Å². The Bertz CT molecular complexity index is 245. The highest BCUT2D eigenvalue weighted by Crippen LogP contribution is 2.16. The van der Waals surface area contributed by atoms with Crippen LogP contribution < -0.4 is 0 Å². The highest BCUT2D eigenvalue weighted by Gasteiger charge is 2.23. The Kier molecular flexibility index (Phi) is 2.18. The maximum atomic E-state index is 10.3. The van der Waals surface area contributed by atoms with E-state index in [0.29, 0.717) is 18.8 Å². The van der Waals surface area contributed by atoms with Crippen LogP contribution in [-0.2, 0) is 4.74 Å². The van der Waals surface area contributed by atoms with Gasteiger partial charge in [0.1, 0.15) is 6.42 Å². The van der Waals surface area contributed by atoms with E-state index in [1.165, 1.54) is 0 Å². The van der Waals surface area contributed by atoms with Crippen molar-refractivity contribution in [3.63, 3.8) is 0 Å². The molecule has 5 nitrogen and oxygen atoms in total. The van der Waals surface area contributed by atoms with Gasteiger partial charge in [0.25, 0.3) is 5.70 Å². The number of allylic oxidation sites excluding steroid dienone is 1. The molecule has 0 aromatic rings. The van der Waals surface area contributed by atoms with E-state index >= 15 is 0 Å². The molecule has 0 radical (unpaired) electrons. The Morgan fingerprint density at radius 1 is 1.82 bits per heavy atom. The molecule has 0 aliphatic carbocycles. The van der Waals surface area contributed by atoms with E-state index < -0.39 is 4.92 Å². The van der Waals surface area contributed by atoms with Crippen LogP contribution in [0.5, 0.6) is 0 Å². The summed E-state index contributed by atoms with van der Waals surface area (Å²) < 4.78 is 4.74. The lowest BCUT2D eigenvalue weighted by molar-refractivity contribution is -0.429. The van der Waals surface area contributed by atoms with E-state index in [4.69, 9.17) is 10.00 Å². The molecular weight excluding hydrogens is 148 g/mol. The third kappa shape index (κ3) is 1.53. The molecule has 0 aromatic heterocycles. The van der Waals surface area contributed by atoms with Gasteiger partial charge in [0, 0.05) is 0 Å². The number of rotatable bonds is 2. The van der Waals surface area contributed by atoms with Gasteiger partial charge < -0.3 is 4.74 Å². The molecule has 1 aliphatic heterocycles. The first-order chi connectivity index (χ1) is 5.25. The average Bonchev–Trinajstić information content (AvgIpc) is 1.82. The summed E-state index contributed by atoms with van der Waals surface area (Å²) >= 11 is 0. The van der Waals surface area contributed by atoms with E-state index in [1.807, 2.05) is 0 Å². The molecule has 0 bridgehead atoms. The van der Waals surface area contributed by atoms with Gasteiger partial charge in [0.05, 0.1) is 29.8 Å². The molecule has 1 saturated heterocycles. The van der Waals surface area contributed by atoms with Gasteiger partial charge in [-0.2, -0.15) is 5.26 Å². The average molecular weight is 154 g/mol. The van der Waals surface area contributed by atoms with Gasteiger partial charge in [-0.1, -0.05) is 0 Å². The van der Waals surface area contributed by atoms with E-state index in [2.05, 4.69) is 0 Å². The summed E-state index contributed by atoms with van der Waals surface area (Å²) in [4.78, 5) is 9.75. The van der Waals surface area contributed by atoms with Gasteiger partial charge in [-0.3, -0.25) is 10.1 Å². The van der Waals surface area contributed by atoms with Crippen molar-refractivity contribution in [2.75, 3.05) is 13.2 Å². The van der Waals surface area contributed by atoms with Crippen molar-refractivity contribution in [2.45, 2.75) is 6.42 Å². The van der Waals surface area contributed by atoms with E-state index in [9.17, 15) is 10.1 Å². The molecule has 1 heterocycles. The van der Waals surface area contributed by atoms with Crippen LogP contribution in [0.2, 0.25) is 0 Å². The van der Waals surface area contributed by atoms with Crippen LogP contribution in [0.4, 0.5) is 0 Å². The molecule has 0 unspecified atom stereocenters. The van der Waals surface area contributed by atoms with E-state index in [0.717, 1.165) is 0 Å². The normalized spacial score (nSPS) is 15.0. The fourth-order valence-corrected chi connectivity index (χ4v) is 0.764. The van der Waals surface area contributed by atoms with Gasteiger partial charge in [-0.05, 0) is 0 Å². The highest BCUT2D eigenvalue weighted by atomic mass is 16.6. The molecule has 58 valence electrons. The zero-order chi connectivity index (χ0) is 8.27. The predicted molar refractivity (Wildman–Crippen MR) is 35.1 cm³/mol. The number of nitrogens with zero attached hydrogens (tertiary/aromatic N) is 2. The maximum absolute atomic E-state index is 10.3. The number of nitriles is 1. The van der Waals surface area contributed by atoms with Crippen molar-refractivity contribution >= 4 is 0 Å². The van der Waals surface area contributed by atoms with Crippen molar-refractivity contribution in [1.82, 2.24) is 0 Å². The largest absolute Gasteiger partial charge is 0.372 e. The second-order valence-corrected chi connectivity index (χ2v) is 2.14. The lowest BCUT2D eigenvalue weighted by Crippen LogP contribution is -2.21. The minimum atomic E-state index is -0.513. The van der Waals surface area contributed by atoms with Crippen LogP contribution in [0.25, 0.3) is 0 Å². The molecule has 0 amide bonds. The van der Waals surface area contributed by atoms with Crippen molar-refractivity contribution in [2.24, 2.45) is 0 Å². The highest BCUT2D eigenvalue weighted by molar-refractivity contribution is 5.16. The molecule has 0 atom stereocenters. The third-order valence-electron chi connectivity index (χ3n) is 1.43. The van der Waals surface area contributed by atoms with Crippen LogP contribution in [0, 0.1) is 21.4 Å². The molecule has 0 N–H and O–H groups in total. The molecule has 11 heavy (non-hydrogen) atoms. The first-order valence-corrected chi connectivity index (χ1v) is 3.05. The van der Waals surface area contributed by atoms with Gasteiger partial charge in [-0.25, -0.2) is 0 Å². The molecule has 1 aliphatic rings. The molecule has 1 rings (SSSR count). The van der Waals surface area contributed by atoms with Crippen molar-refractivity contribution in [3.8, 4) is 6.07 Å². The Morgan fingerprint density at radius 3 is 2.73 bits per heavy atom. The summed E-state index contributed by atoms with van der Waals surface area (Å²) in [6.07, 6.45) is -0.133. The zero-order valence-electron chi connectivity index (χ0n) is 5.74. The molecule has 1 fully saturated rings. The molecule has 0 spiro atoms. The summed E-state index contributed by atoms with van der Waals surface area (Å²) in [5, 5.41) is 18.5. The van der Waals surface area contributed by atoms with Crippen LogP contribution in [-0.4, -0.2) is 18.1 Å². The van der Waals surface area contributed by atoms with Crippen LogP contribution in [0.1, 0.15) is 6.42 Å². The maximum Gasteiger partial charge on any atom is 0.264 e. The Hall–Kier alpha value is -1.41.